The molecule has 25 heavy (non-hydrogen) atoms. The summed E-state index contributed by atoms with van der Waals surface area (Å²) < 4.78 is 0.457. The monoisotopic (exact) mass is 343 g/mol. The van der Waals surface area contributed by atoms with Crippen LogP contribution in [-0.4, -0.2) is 64.0 Å². The highest BCUT2D eigenvalue weighted by molar-refractivity contribution is 5.66. The molecule has 0 spiro atoms. The molecule has 4 aliphatic heterocycles. The molecule has 0 aromatic heterocycles. The fourth-order valence-corrected chi connectivity index (χ4v) is 6.44. The molecule has 1 aromatic rings. The van der Waals surface area contributed by atoms with E-state index in [0.29, 0.717) is 10.9 Å². The minimum atomic E-state index is -1.35. The summed E-state index contributed by atoms with van der Waals surface area (Å²) >= 11 is 0. The number of benzene rings is 1. The van der Waals surface area contributed by atoms with Gasteiger partial charge in [0.2, 0.25) is 5.72 Å². The fraction of sp³-hybridized carbons (Fsp3) is 0.600. The van der Waals surface area contributed by atoms with Crippen LogP contribution in [0.2, 0.25) is 0 Å². The molecule has 5 heteroatoms. The molecule has 0 radical (unpaired) electrons. The molecule has 5 nitrogen and oxygen atoms in total. The first-order chi connectivity index (χ1) is 11.9. The SMILES string of the molecule is C/C=C1/C[N+]2(C)CCC3c4ccccc4N4C(CO)[C@H]1C[C@@]2(O)[C@]34O. The van der Waals surface area contributed by atoms with Crippen molar-refractivity contribution in [2.45, 2.75) is 43.2 Å². The zero-order valence-corrected chi connectivity index (χ0v) is 14.9. The van der Waals surface area contributed by atoms with Crippen molar-refractivity contribution in [1.82, 2.24) is 0 Å². The van der Waals surface area contributed by atoms with Crippen molar-refractivity contribution in [2.75, 3.05) is 31.6 Å². The van der Waals surface area contributed by atoms with Crippen molar-refractivity contribution in [1.29, 1.82) is 0 Å². The Bertz CT molecular complexity index is 780. The molecule has 2 bridgehead atoms. The topological polar surface area (TPSA) is 63.9 Å². The van der Waals surface area contributed by atoms with E-state index in [1.807, 2.05) is 30.0 Å². The predicted molar refractivity (Wildman–Crippen MR) is 94.8 cm³/mol. The lowest BCUT2D eigenvalue weighted by Gasteiger charge is -2.68. The lowest BCUT2D eigenvalue weighted by Crippen LogP contribution is -2.87. The molecule has 4 aliphatic rings. The molecule has 0 saturated carbocycles. The Kier molecular flexibility index (Phi) is 2.95. The molecule has 3 fully saturated rings. The Hall–Kier alpha value is -1.40. The van der Waals surface area contributed by atoms with Crippen LogP contribution in [0.1, 0.15) is 31.2 Å². The molecule has 0 amide bonds. The zero-order chi connectivity index (χ0) is 17.6. The van der Waals surface area contributed by atoms with Crippen molar-refractivity contribution < 1.29 is 19.8 Å². The van der Waals surface area contributed by atoms with Crippen LogP contribution in [0.25, 0.3) is 0 Å². The van der Waals surface area contributed by atoms with E-state index in [-0.39, 0.29) is 24.5 Å². The summed E-state index contributed by atoms with van der Waals surface area (Å²) in [6, 6.07) is 7.88. The van der Waals surface area contributed by atoms with Crippen molar-refractivity contribution in [3.8, 4) is 0 Å². The van der Waals surface area contributed by atoms with Gasteiger partial charge in [-0.15, -0.1) is 0 Å². The summed E-state index contributed by atoms with van der Waals surface area (Å²) in [5.41, 5.74) is 0.793. The molecule has 5 rings (SSSR count). The lowest BCUT2D eigenvalue weighted by atomic mass is 9.64. The van der Waals surface area contributed by atoms with Gasteiger partial charge in [-0.25, -0.2) is 0 Å². The van der Waals surface area contributed by atoms with Crippen molar-refractivity contribution >= 4 is 5.69 Å². The van der Waals surface area contributed by atoms with Gasteiger partial charge >= 0.3 is 0 Å². The van der Waals surface area contributed by atoms with Crippen LogP contribution in [-0.2, 0) is 0 Å². The van der Waals surface area contributed by atoms with Gasteiger partial charge in [0.1, 0.15) is 6.54 Å². The minimum Gasteiger partial charge on any atom is -0.394 e. The fourth-order valence-electron chi connectivity index (χ4n) is 6.44. The highest BCUT2D eigenvalue weighted by Gasteiger charge is 2.78. The number of hydrogen-bond donors (Lipinski definition) is 3. The van der Waals surface area contributed by atoms with E-state index in [2.05, 4.69) is 19.2 Å². The van der Waals surface area contributed by atoms with E-state index in [1.54, 1.807) is 0 Å². The maximum absolute atomic E-state index is 12.0. The number of aliphatic hydroxyl groups is 3. The third kappa shape index (κ3) is 1.51. The summed E-state index contributed by atoms with van der Waals surface area (Å²) in [5, 5.41) is 34.3. The van der Waals surface area contributed by atoms with Crippen molar-refractivity contribution in [3.05, 3.63) is 41.5 Å². The summed E-state index contributed by atoms with van der Waals surface area (Å²) in [5.74, 6) is -0.0431. The van der Waals surface area contributed by atoms with Crippen LogP contribution in [0.15, 0.2) is 35.9 Å². The Morgan fingerprint density at radius 3 is 2.80 bits per heavy atom. The number of para-hydroxylation sites is 1. The van der Waals surface area contributed by atoms with Crippen LogP contribution in [0.4, 0.5) is 5.69 Å². The second-order valence-corrected chi connectivity index (χ2v) is 8.51. The van der Waals surface area contributed by atoms with Gasteiger partial charge in [-0.3, -0.25) is 4.48 Å². The van der Waals surface area contributed by atoms with Gasteiger partial charge in [-0.05, 0) is 24.1 Å². The number of anilines is 1. The number of quaternary nitrogens is 1. The Balaban J connectivity index is 1.82. The van der Waals surface area contributed by atoms with E-state index >= 15 is 0 Å². The second-order valence-electron chi connectivity index (χ2n) is 8.51. The largest absolute Gasteiger partial charge is 0.394 e. The van der Waals surface area contributed by atoms with E-state index < -0.39 is 11.4 Å². The number of nitrogens with zero attached hydrogens (tertiary/aromatic N) is 2. The lowest BCUT2D eigenvalue weighted by molar-refractivity contribution is -1.00. The molecular weight excluding hydrogens is 316 g/mol. The van der Waals surface area contributed by atoms with Gasteiger partial charge < -0.3 is 20.2 Å². The minimum absolute atomic E-state index is 0.0227. The number of aliphatic hydroxyl groups excluding tert-OH is 1. The summed E-state index contributed by atoms with van der Waals surface area (Å²) in [6.45, 7) is 3.61. The number of piperidine rings is 3. The van der Waals surface area contributed by atoms with Crippen molar-refractivity contribution in [2.24, 2.45) is 5.92 Å². The molecule has 0 aliphatic carbocycles. The Morgan fingerprint density at radius 2 is 2.08 bits per heavy atom. The highest BCUT2D eigenvalue weighted by atomic mass is 16.4. The average molecular weight is 343 g/mol. The highest BCUT2D eigenvalue weighted by Crippen LogP contribution is 2.65. The smallest absolute Gasteiger partial charge is 0.251 e. The molecule has 134 valence electrons. The Morgan fingerprint density at radius 1 is 1.32 bits per heavy atom. The van der Waals surface area contributed by atoms with Crippen LogP contribution < -0.4 is 4.90 Å². The van der Waals surface area contributed by atoms with Gasteiger partial charge in [0.05, 0.1) is 26.2 Å². The van der Waals surface area contributed by atoms with E-state index in [4.69, 9.17) is 0 Å². The molecular formula is C20H27N2O3+. The number of allylic oxidation sites excluding steroid dienone is 1. The van der Waals surface area contributed by atoms with Gasteiger partial charge in [0.15, 0.2) is 0 Å². The summed E-state index contributed by atoms with van der Waals surface area (Å²) in [6.07, 6.45) is 3.49. The molecule has 4 heterocycles. The third-order valence-electron chi connectivity index (χ3n) is 7.68. The molecule has 6 atom stereocenters. The molecule has 3 unspecified atom stereocenters. The first-order valence-electron chi connectivity index (χ1n) is 9.35. The first-order valence-corrected chi connectivity index (χ1v) is 9.35. The quantitative estimate of drug-likeness (QED) is 0.529. The van der Waals surface area contributed by atoms with Crippen LogP contribution >= 0.6 is 0 Å². The summed E-state index contributed by atoms with van der Waals surface area (Å²) in [7, 11) is 2.08. The normalized spacial score (nSPS) is 48.6. The zero-order valence-electron chi connectivity index (χ0n) is 14.9. The number of hydrogen-bond acceptors (Lipinski definition) is 4. The first kappa shape index (κ1) is 15.8. The standard InChI is InChI=1S/C20H27N2O3/c1-3-13-11-22(2)9-8-16-14-6-4-5-7-17(14)21-18(12-23)15(13)10-19(22,24)20(16,21)25/h3-7,15-16,18,23-25H,8-12H2,1-2H3/q+1/b13-3-/t15-,16?,18?,19+,20+,22?/m0/s1. The molecule has 3 N–H and O–H groups in total. The predicted octanol–water partition coefficient (Wildman–Crippen LogP) is 1.16. The Labute approximate surface area is 148 Å². The third-order valence-corrected chi connectivity index (χ3v) is 7.68. The second kappa shape index (κ2) is 4.65. The van der Waals surface area contributed by atoms with Gasteiger partial charge in [-0.2, -0.15) is 0 Å². The maximum atomic E-state index is 12.0. The maximum Gasteiger partial charge on any atom is 0.251 e. The molecule has 1 aromatic carbocycles. The van der Waals surface area contributed by atoms with Gasteiger partial charge in [0, 0.05) is 30.4 Å². The van der Waals surface area contributed by atoms with Gasteiger partial charge in [-0.1, -0.05) is 24.3 Å². The van der Waals surface area contributed by atoms with E-state index in [9.17, 15) is 15.3 Å². The van der Waals surface area contributed by atoms with E-state index in [1.165, 1.54) is 5.57 Å². The van der Waals surface area contributed by atoms with Crippen LogP contribution in [0.3, 0.4) is 0 Å². The van der Waals surface area contributed by atoms with Gasteiger partial charge in [0.25, 0.3) is 5.72 Å². The van der Waals surface area contributed by atoms with Crippen LogP contribution in [0, 0.1) is 5.92 Å². The van der Waals surface area contributed by atoms with E-state index in [0.717, 1.165) is 30.8 Å². The number of rotatable bonds is 1. The molecule has 3 saturated heterocycles. The number of fused-ring (bicyclic) bond motifs is 4. The number of likely N-dealkylation sites (N-methyl/N-ethyl adjacent to an activating group) is 1. The average Bonchev–Trinajstić information content (AvgIpc) is 2.86. The van der Waals surface area contributed by atoms with Crippen LogP contribution in [0.5, 0.6) is 0 Å². The summed E-state index contributed by atoms with van der Waals surface area (Å²) in [4.78, 5) is 1.97. The van der Waals surface area contributed by atoms with Crippen molar-refractivity contribution in [3.63, 3.8) is 0 Å².